The van der Waals surface area contributed by atoms with Crippen LogP contribution in [0.3, 0.4) is 0 Å². The molecular weight excluding hydrogens is 284 g/mol. The zero-order valence-electron chi connectivity index (χ0n) is 13.0. The van der Waals surface area contributed by atoms with Gasteiger partial charge in [0.2, 0.25) is 10.0 Å². The highest BCUT2D eigenvalue weighted by Gasteiger charge is 2.23. The van der Waals surface area contributed by atoms with E-state index < -0.39 is 10.0 Å². The number of nitrogens with two attached hydrogens (primary N) is 1. The van der Waals surface area contributed by atoms with Crippen molar-refractivity contribution in [2.45, 2.75) is 32.1 Å². The van der Waals surface area contributed by atoms with Crippen LogP contribution in [-0.4, -0.2) is 32.4 Å². The van der Waals surface area contributed by atoms with Gasteiger partial charge >= 0.3 is 0 Å². The number of nitrogens with zero attached hydrogens (tertiary/aromatic N) is 1. The van der Waals surface area contributed by atoms with Gasteiger partial charge in [-0.3, -0.25) is 0 Å². The monoisotopic (exact) mass is 308 g/mol. The largest absolute Gasteiger partial charge is 0.320 e. The molecule has 0 saturated heterocycles. The molecule has 1 unspecified atom stereocenters. The molecule has 5 heteroatoms. The molecule has 0 heterocycles. The van der Waals surface area contributed by atoms with Gasteiger partial charge in [0.15, 0.2) is 0 Å². The minimum absolute atomic E-state index is 0.290. The lowest BCUT2D eigenvalue weighted by molar-refractivity contribution is 0.361. The molecule has 0 amide bonds. The molecule has 116 valence electrons. The lowest BCUT2D eigenvalue weighted by Crippen LogP contribution is -2.34. The SMILES string of the molecule is CCC(C)CN(CC)S(=O)(=O)c1ccc(C#CCN)cc1. The summed E-state index contributed by atoms with van der Waals surface area (Å²) >= 11 is 0. The molecule has 1 rings (SSSR count). The Morgan fingerprint density at radius 3 is 2.33 bits per heavy atom. The minimum atomic E-state index is -3.43. The smallest absolute Gasteiger partial charge is 0.243 e. The molecule has 0 aliphatic heterocycles. The Hall–Kier alpha value is -1.35. The van der Waals surface area contributed by atoms with Crippen LogP contribution in [0.15, 0.2) is 29.2 Å². The fourth-order valence-corrected chi connectivity index (χ4v) is 3.46. The third-order valence-corrected chi connectivity index (χ3v) is 5.35. The first-order chi connectivity index (χ1) is 9.95. The number of hydrogen-bond donors (Lipinski definition) is 1. The van der Waals surface area contributed by atoms with E-state index in [1.165, 1.54) is 4.31 Å². The minimum Gasteiger partial charge on any atom is -0.320 e. The summed E-state index contributed by atoms with van der Waals surface area (Å²) in [4.78, 5) is 0.311. The van der Waals surface area contributed by atoms with Gasteiger partial charge in [0.25, 0.3) is 0 Å². The van der Waals surface area contributed by atoms with Crippen molar-refractivity contribution in [1.29, 1.82) is 0 Å². The predicted molar refractivity (Wildman–Crippen MR) is 86.3 cm³/mol. The first kappa shape index (κ1) is 17.7. The maximum absolute atomic E-state index is 12.6. The summed E-state index contributed by atoms with van der Waals surface area (Å²) < 4.78 is 26.7. The highest BCUT2D eigenvalue weighted by Crippen LogP contribution is 2.18. The lowest BCUT2D eigenvalue weighted by Gasteiger charge is -2.23. The molecule has 0 bridgehead atoms. The van der Waals surface area contributed by atoms with Gasteiger partial charge in [-0.15, -0.1) is 0 Å². The van der Waals surface area contributed by atoms with Crippen molar-refractivity contribution >= 4 is 10.0 Å². The molecule has 1 atom stereocenters. The van der Waals surface area contributed by atoms with Crippen LogP contribution < -0.4 is 5.73 Å². The average Bonchev–Trinajstić information content (AvgIpc) is 2.50. The van der Waals surface area contributed by atoms with Gasteiger partial charge in [0.1, 0.15) is 0 Å². The molecule has 0 aromatic heterocycles. The van der Waals surface area contributed by atoms with Crippen LogP contribution in [0.1, 0.15) is 32.8 Å². The second-order valence-corrected chi connectivity index (χ2v) is 6.94. The van der Waals surface area contributed by atoms with Crippen LogP contribution in [0.2, 0.25) is 0 Å². The normalized spacial score (nSPS) is 12.8. The summed E-state index contributed by atoms with van der Waals surface area (Å²) in [7, 11) is -3.43. The zero-order chi connectivity index (χ0) is 15.9. The van der Waals surface area contributed by atoms with Crippen molar-refractivity contribution in [2.24, 2.45) is 11.7 Å². The topological polar surface area (TPSA) is 63.4 Å². The molecule has 4 nitrogen and oxygen atoms in total. The van der Waals surface area contributed by atoms with Gasteiger partial charge in [-0.2, -0.15) is 4.31 Å². The lowest BCUT2D eigenvalue weighted by atomic mass is 10.1. The number of sulfonamides is 1. The summed E-state index contributed by atoms with van der Waals surface area (Å²) in [5, 5.41) is 0. The molecule has 0 saturated carbocycles. The van der Waals surface area contributed by atoms with E-state index in [-0.39, 0.29) is 0 Å². The van der Waals surface area contributed by atoms with Crippen molar-refractivity contribution in [3.63, 3.8) is 0 Å². The van der Waals surface area contributed by atoms with E-state index in [1.807, 2.05) is 6.92 Å². The van der Waals surface area contributed by atoms with E-state index in [1.54, 1.807) is 24.3 Å². The molecule has 0 aliphatic carbocycles. The molecule has 0 aliphatic rings. The van der Waals surface area contributed by atoms with Crippen molar-refractivity contribution in [1.82, 2.24) is 4.31 Å². The van der Waals surface area contributed by atoms with E-state index in [9.17, 15) is 8.42 Å². The van der Waals surface area contributed by atoms with Crippen molar-refractivity contribution < 1.29 is 8.42 Å². The van der Waals surface area contributed by atoms with Crippen LogP contribution in [0, 0.1) is 17.8 Å². The molecule has 2 N–H and O–H groups in total. The van der Waals surface area contributed by atoms with Crippen LogP contribution >= 0.6 is 0 Å². The highest BCUT2D eigenvalue weighted by molar-refractivity contribution is 7.89. The molecule has 0 fully saturated rings. The summed E-state index contributed by atoms with van der Waals surface area (Å²) in [5.74, 6) is 5.97. The van der Waals surface area contributed by atoms with Crippen LogP contribution in [0.25, 0.3) is 0 Å². The van der Waals surface area contributed by atoms with Crippen LogP contribution in [0.4, 0.5) is 0 Å². The second-order valence-electron chi connectivity index (χ2n) is 5.00. The van der Waals surface area contributed by atoms with E-state index >= 15 is 0 Å². The molecule has 1 aromatic rings. The van der Waals surface area contributed by atoms with Gasteiger partial charge in [-0.05, 0) is 30.2 Å². The summed E-state index contributed by atoms with van der Waals surface area (Å²) in [5.41, 5.74) is 6.08. The van der Waals surface area contributed by atoms with Gasteiger partial charge in [-0.25, -0.2) is 8.42 Å². The quantitative estimate of drug-likeness (QED) is 0.818. The van der Waals surface area contributed by atoms with E-state index in [2.05, 4.69) is 25.7 Å². The Morgan fingerprint density at radius 2 is 1.86 bits per heavy atom. The zero-order valence-corrected chi connectivity index (χ0v) is 13.8. The van der Waals surface area contributed by atoms with E-state index in [0.29, 0.717) is 30.4 Å². The first-order valence-corrected chi connectivity index (χ1v) is 8.68. The predicted octanol–water partition coefficient (Wildman–Crippen LogP) is 2.05. The Morgan fingerprint density at radius 1 is 1.24 bits per heavy atom. The third kappa shape index (κ3) is 4.85. The molecule has 1 aromatic carbocycles. The maximum Gasteiger partial charge on any atom is 0.243 e. The van der Waals surface area contributed by atoms with E-state index in [4.69, 9.17) is 5.73 Å². The van der Waals surface area contributed by atoms with Crippen LogP contribution in [0.5, 0.6) is 0 Å². The summed E-state index contributed by atoms with van der Waals surface area (Å²) in [6, 6.07) is 6.64. The Labute approximate surface area is 128 Å². The van der Waals surface area contributed by atoms with Gasteiger partial charge < -0.3 is 5.73 Å². The Balaban J connectivity index is 3.00. The fraction of sp³-hybridized carbons (Fsp3) is 0.500. The van der Waals surface area contributed by atoms with Crippen molar-refractivity contribution in [2.75, 3.05) is 19.6 Å². The second kappa shape index (κ2) is 8.18. The van der Waals surface area contributed by atoms with Gasteiger partial charge in [-0.1, -0.05) is 39.0 Å². The van der Waals surface area contributed by atoms with E-state index in [0.717, 1.165) is 12.0 Å². The summed E-state index contributed by atoms with van der Waals surface area (Å²) in [6.07, 6.45) is 0.958. The standard InChI is InChI=1S/C16H24N2O2S/c1-4-14(3)13-18(5-2)21(19,20)16-10-8-15(9-11-16)7-6-12-17/h8-11,14H,4-5,12-13,17H2,1-3H3. The van der Waals surface area contributed by atoms with Gasteiger partial charge in [0.05, 0.1) is 11.4 Å². The molecule has 21 heavy (non-hydrogen) atoms. The fourth-order valence-electron chi connectivity index (χ4n) is 1.89. The van der Waals surface area contributed by atoms with Crippen LogP contribution in [-0.2, 0) is 10.0 Å². The average molecular weight is 308 g/mol. The highest BCUT2D eigenvalue weighted by atomic mass is 32.2. The van der Waals surface area contributed by atoms with Gasteiger partial charge in [0, 0.05) is 18.7 Å². The number of benzene rings is 1. The number of rotatable bonds is 6. The molecular formula is C16H24N2O2S. The first-order valence-electron chi connectivity index (χ1n) is 7.24. The Kier molecular flexibility index (Phi) is 6.90. The third-order valence-electron chi connectivity index (χ3n) is 3.39. The van der Waals surface area contributed by atoms with Crippen molar-refractivity contribution in [3.05, 3.63) is 29.8 Å². The summed E-state index contributed by atoms with van der Waals surface area (Å²) in [6.45, 7) is 7.30. The number of hydrogen-bond acceptors (Lipinski definition) is 3. The molecule has 0 spiro atoms. The van der Waals surface area contributed by atoms with Crippen molar-refractivity contribution in [3.8, 4) is 11.8 Å². The maximum atomic E-state index is 12.6. The molecule has 0 radical (unpaired) electrons. The Bertz CT molecular complexity index is 597.